The molecule has 20 heavy (non-hydrogen) atoms. The van der Waals surface area contributed by atoms with Crippen LogP contribution in [-0.4, -0.2) is 25.1 Å². The lowest BCUT2D eigenvalue weighted by Gasteiger charge is -2.10. The summed E-state index contributed by atoms with van der Waals surface area (Å²) in [7, 11) is -2.19. The van der Waals surface area contributed by atoms with E-state index in [1.54, 1.807) is 11.7 Å². The molecule has 0 radical (unpaired) electrons. The Bertz CT molecular complexity index is 707. The van der Waals surface area contributed by atoms with E-state index in [-0.39, 0.29) is 5.03 Å². The smallest absolute Gasteiger partial charge is 0.257 e. The molecular formula is C13H17N3O3S. The molecule has 2 N–H and O–H groups in total. The Kier molecular flexibility index (Phi) is 4.10. The van der Waals surface area contributed by atoms with Crippen molar-refractivity contribution in [2.24, 2.45) is 5.14 Å². The minimum atomic E-state index is -3.79. The van der Waals surface area contributed by atoms with E-state index in [9.17, 15) is 8.42 Å². The van der Waals surface area contributed by atoms with Crippen molar-refractivity contribution >= 4 is 10.0 Å². The number of ether oxygens (including phenoxy) is 1. The van der Waals surface area contributed by atoms with Gasteiger partial charge in [-0.25, -0.2) is 18.5 Å². The summed E-state index contributed by atoms with van der Waals surface area (Å²) in [6.45, 7) is 2.39. The van der Waals surface area contributed by atoms with Crippen LogP contribution in [0, 0.1) is 0 Å². The van der Waals surface area contributed by atoms with Crippen LogP contribution in [0.15, 0.2) is 35.5 Å². The van der Waals surface area contributed by atoms with Gasteiger partial charge in [0.2, 0.25) is 0 Å². The predicted molar refractivity (Wildman–Crippen MR) is 75.1 cm³/mol. The summed E-state index contributed by atoms with van der Waals surface area (Å²) in [6, 6.07) is 7.57. The molecule has 7 heteroatoms. The highest BCUT2D eigenvalue weighted by atomic mass is 32.2. The standard InChI is InChI=1S/C13H17N3O3S/c1-3-12-15-13(20(14,17)18)9-16(12)8-10-6-4-5-7-11(10)19-2/h4-7,9H,3,8H2,1-2H3,(H2,14,17,18). The normalized spacial score (nSPS) is 11.6. The van der Waals surface area contributed by atoms with Gasteiger partial charge in [0, 0.05) is 18.2 Å². The van der Waals surface area contributed by atoms with Gasteiger partial charge in [-0.2, -0.15) is 0 Å². The van der Waals surface area contributed by atoms with Crippen molar-refractivity contribution in [3.05, 3.63) is 41.9 Å². The number of hydrogen-bond donors (Lipinski definition) is 1. The maximum Gasteiger partial charge on any atom is 0.257 e. The summed E-state index contributed by atoms with van der Waals surface area (Å²) >= 11 is 0. The highest BCUT2D eigenvalue weighted by Crippen LogP contribution is 2.20. The van der Waals surface area contributed by atoms with Gasteiger partial charge in [-0.05, 0) is 6.07 Å². The molecule has 2 aromatic rings. The minimum Gasteiger partial charge on any atom is -0.496 e. The van der Waals surface area contributed by atoms with Crippen molar-refractivity contribution in [3.63, 3.8) is 0 Å². The molecule has 0 bridgehead atoms. The highest BCUT2D eigenvalue weighted by molar-refractivity contribution is 7.89. The zero-order valence-corrected chi connectivity index (χ0v) is 12.2. The van der Waals surface area contributed by atoms with Gasteiger partial charge in [-0.3, -0.25) is 0 Å². The molecule has 0 aliphatic heterocycles. The number of para-hydroxylation sites is 1. The third kappa shape index (κ3) is 3.00. The van der Waals surface area contributed by atoms with Crippen molar-refractivity contribution in [3.8, 4) is 5.75 Å². The second-order valence-corrected chi connectivity index (χ2v) is 5.84. The molecule has 1 aromatic carbocycles. The van der Waals surface area contributed by atoms with Crippen molar-refractivity contribution in [1.29, 1.82) is 0 Å². The second-order valence-electron chi connectivity index (χ2n) is 4.33. The summed E-state index contributed by atoms with van der Waals surface area (Å²) < 4.78 is 29.8. The molecule has 0 saturated carbocycles. The van der Waals surface area contributed by atoms with Crippen LogP contribution in [0.25, 0.3) is 0 Å². The van der Waals surface area contributed by atoms with Gasteiger partial charge in [0.15, 0.2) is 5.03 Å². The number of aromatic nitrogens is 2. The number of methoxy groups -OCH3 is 1. The lowest BCUT2D eigenvalue weighted by Crippen LogP contribution is -2.12. The number of aryl methyl sites for hydroxylation is 1. The van der Waals surface area contributed by atoms with Crippen molar-refractivity contribution in [1.82, 2.24) is 9.55 Å². The topological polar surface area (TPSA) is 87.2 Å². The second kappa shape index (κ2) is 5.64. The third-order valence-electron chi connectivity index (χ3n) is 2.98. The maximum atomic E-state index is 11.4. The van der Waals surface area contributed by atoms with Crippen LogP contribution in [0.3, 0.4) is 0 Å². The van der Waals surface area contributed by atoms with E-state index in [1.165, 1.54) is 6.20 Å². The molecule has 0 aliphatic carbocycles. The van der Waals surface area contributed by atoms with Crippen LogP contribution in [0.5, 0.6) is 5.75 Å². The van der Waals surface area contributed by atoms with Gasteiger partial charge in [-0.1, -0.05) is 25.1 Å². The third-order valence-corrected chi connectivity index (χ3v) is 3.76. The highest BCUT2D eigenvalue weighted by Gasteiger charge is 2.16. The molecule has 0 unspecified atom stereocenters. The van der Waals surface area contributed by atoms with Crippen LogP contribution in [0.4, 0.5) is 0 Å². The minimum absolute atomic E-state index is 0.107. The molecule has 108 valence electrons. The largest absolute Gasteiger partial charge is 0.496 e. The van der Waals surface area contributed by atoms with Gasteiger partial charge in [-0.15, -0.1) is 0 Å². The number of rotatable bonds is 5. The molecule has 0 saturated heterocycles. The number of benzene rings is 1. The van der Waals surface area contributed by atoms with Crippen LogP contribution >= 0.6 is 0 Å². The average molecular weight is 295 g/mol. The first kappa shape index (κ1) is 14.5. The van der Waals surface area contributed by atoms with E-state index in [2.05, 4.69) is 4.98 Å². The van der Waals surface area contributed by atoms with Gasteiger partial charge in [0.1, 0.15) is 11.6 Å². The van der Waals surface area contributed by atoms with E-state index < -0.39 is 10.0 Å². The molecule has 0 fully saturated rings. The maximum absolute atomic E-state index is 11.4. The molecule has 1 aromatic heterocycles. The number of nitrogens with two attached hydrogens (primary N) is 1. The van der Waals surface area contributed by atoms with Crippen molar-refractivity contribution < 1.29 is 13.2 Å². The first-order valence-corrected chi connectivity index (χ1v) is 7.71. The number of hydrogen-bond acceptors (Lipinski definition) is 4. The average Bonchev–Trinajstić information content (AvgIpc) is 2.82. The Balaban J connectivity index is 2.40. The van der Waals surface area contributed by atoms with Gasteiger partial charge in [0.25, 0.3) is 10.0 Å². The molecule has 2 rings (SSSR count). The first-order chi connectivity index (χ1) is 9.45. The fourth-order valence-corrected chi connectivity index (χ4v) is 2.51. The van der Waals surface area contributed by atoms with Crippen LogP contribution < -0.4 is 9.88 Å². The molecule has 6 nitrogen and oxygen atoms in total. The van der Waals surface area contributed by atoms with Crippen molar-refractivity contribution in [2.75, 3.05) is 7.11 Å². The summed E-state index contributed by atoms with van der Waals surface area (Å²) in [4.78, 5) is 4.06. The van der Waals surface area contributed by atoms with Gasteiger partial charge < -0.3 is 9.30 Å². The van der Waals surface area contributed by atoms with E-state index in [4.69, 9.17) is 9.88 Å². The SMILES string of the molecule is CCc1nc(S(N)(=O)=O)cn1Cc1ccccc1OC. The van der Waals surface area contributed by atoms with Crippen LogP contribution in [0.2, 0.25) is 0 Å². The number of sulfonamides is 1. The van der Waals surface area contributed by atoms with Gasteiger partial charge in [0.05, 0.1) is 13.7 Å². The molecule has 0 aliphatic rings. The quantitative estimate of drug-likeness (QED) is 0.896. The Labute approximate surface area is 118 Å². The van der Waals surface area contributed by atoms with Crippen molar-refractivity contribution in [2.45, 2.75) is 24.9 Å². The van der Waals surface area contributed by atoms with E-state index in [1.807, 2.05) is 31.2 Å². The summed E-state index contributed by atoms with van der Waals surface area (Å²) in [5.74, 6) is 1.42. The Hall–Kier alpha value is -1.86. The van der Waals surface area contributed by atoms with Crippen LogP contribution in [-0.2, 0) is 23.0 Å². The molecule has 0 spiro atoms. The molecular weight excluding hydrogens is 278 g/mol. The summed E-state index contributed by atoms with van der Waals surface area (Å²) in [5, 5.41) is 5.01. The lowest BCUT2D eigenvalue weighted by atomic mass is 10.2. The first-order valence-electron chi connectivity index (χ1n) is 6.16. The fourth-order valence-electron chi connectivity index (χ4n) is 2.00. The Morgan fingerprint density at radius 3 is 2.65 bits per heavy atom. The number of primary sulfonamides is 1. The Morgan fingerprint density at radius 1 is 1.35 bits per heavy atom. The fraction of sp³-hybridized carbons (Fsp3) is 0.308. The van der Waals surface area contributed by atoms with E-state index in [0.29, 0.717) is 18.8 Å². The molecule has 1 heterocycles. The number of nitrogens with zero attached hydrogens (tertiary/aromatic N) is 2. The molecule has 0 atom stereocenters. The summed E-state index contributed by atoms with van der Waals surface area (Å²) in [5.41, 5.74) is 0.947. The monoisotopic (exact) mass is 295 g/mol. The number of imidazole rings is 1. The Morgan fingerprint density at radius 2 is 2.05 bits per heavy atom. The van der Waals surface area contributed by atoms with Gasteiger partial charge >= 0.3 is 0 Å². The predicted octanol–water partition coefficient (Wildman–Crippen LogP) is 1.15. The van der Waals surface area contributed by atoms with Crippen LogP contribution in [0.1, 0.15) is 18.3 Å². The zero-order chi connectivity index (χ0) is 14.8. The zero-order valence-electron chi connectivity index (χ0n) is 11.4. The van der Waals surface area contributed by atoms with E-state index in [0.717, 1.165) is 11.3 Å². The lowest BCUT2D eigenvalue weighted by molar-refractivity contribution is 0.408. The summed E-state index contributed by atoms with van der Waals surface area (Å²) in [6.07, 6.45) is 2.07. The van der Waals surface area contributed by atoms with E-state index >= 15 is 0 Å². The molecule has 0 amide bonds.